The smallest absolute Gasteiger partial charge is 0.352 e. The number of nitrogens with zero attached hydrogens (tertiary/aromatic N) is 2. The van der Waals surface area contributed by atoms with Crippen LogP contribution in [0.15, 0.2) is 48.5 Å². The molecular formula is C23H22F3N3O3. The highest BCUT2D eigenvalue weighted by Gasteiger charge is 2.52. The van der Waals surface area contributed by atoms with Crippen molar-refractivity contribution in [2.24, 2.45) is 0 Å². The van der Waals surface area contributed by atoms with Gasteiger partial charge in [0.2, 0.25) is 11.8 Å². The molecule has 9 heteroatoms. The fourth-order valence-electron chi connectivity index (χ4n) is 4.36. The van der Waals surface area contributed by atoms with Crippen molar-refractivity contribution in [2.75, 3.05) is 11.4 Å². The van der Waals surface area contributed by atoms with Gasteiger partial charge in [-0.2, -0.15) is 13.2 Å². The second-order valence-electron chi connectivity index (χ2n) is 8.14. The Morgan fingerprint density at radius 1 is 1.09 bits per heavy atom. The monoisotopic (exact) mass is 445 g/mol. The van der Waals surface area contributed by atoms with Crippen molar-refractivity contribution in [2.45, 2.75) is 44.6 Å². The van der Waals surface area contributed by atoms with E-state index in [2.05, 4.69) is 5.32 Å². The first kappa shape index (κ1) is 21.9. The molecule has 2 aromatic rings. The van der Waals surface area contributed by atoms with Crippen molar-refractivity contribution in [3.8, 4) is 0 Å². The first-order chi connectivity index (χ1) is 15.1. The third-order valence-electron chi connectivity index (χ3n) is 6.08. The van der Waals surface area contributed by atoms with Gasteiger partial charge in [0.1, 0.15) is 5.66 Å². The molecule has 6 nitrogen and oxygen atoms in total. The van der Waals surface area contributed by atoms with Crippen LogP contribution in [0, 0.1) is 0 Å². The Kier molecular flexibility index (Phi) is 5.44. The van der Waals surface area contributed by atoms with Crippen molar-refractivity contribution < 1.29 is 27.6 Å². The maximum absolute atomic E-state index is 13.1. The lowest BCUT2D eigenvalue weighted by atomic mass is 9.98. The molecule has 2 aromatic carbocycles. The van der Waals surface area contributed by atoms with Gasteiger partial charge in [-0.25, -0.2) is 0 Å². The van der Waals surface area contributed by atoms with Crippen molar-refractivity contribution in [3.63, 3.8) is 0 Å². The van der Waals surface area contributed by atoms with Gasteiger partial charge in [0, 0.05) is 25.9 Å². The molecule has 2 aliphatic heterocycles. The van der Waals surface area contributed by atoms with Crippen LogP contribution >= 0.6 is 0 Å². The van der Waals surface area contributed by atoms with Gasteiger partial charge in [-0.05, 0) is 43.2 Å². The number of hydrogen-bond acceptors (Lipinski definition) is 3. The average molecular weight is 445 g/mol. The summed E-state index contributed by atoms with van der Waals surface area (Å²) in [4.78, 5) is 41.3. The highest BCUT2D eigenvalue weighted by atomic mass is 19.4. The van der Waals surface area contributed by atoms with Crippen LogP contribution in [0.3, 0.4) is 0 Å². The fourth-order valence-corrected chi connectivity index (χ4v) is 4.36. The molecular weight excluding hydrogens is 423 g/mol. The van der Waals surface area contributed by atoms with Crippen LogP contribution in [-0.4, -0.2) is 34.8 Å². The van der Waals surface area contributed by atoms with Crippen molar-refractivity contribution in [3.05, 3.63) is 65.2 Å². The summed E-state index contributed by atoms with van der Waals surface area (Å²) in [5.74, 6) is -0.634. The summed E-state index contributed by atoms with van der Waals surface area (Å²) in [5, 5.41) is 2.67. The molecule has 1 atom stereocenters. The summed E-state index contributed by atoms with van der Waals surface area (Å²) in [6, 6.07) is 11.5. The molecule has 0 aromatic heterocycles. The quantitative estimate of drug-likeness (QED) is 0.763. The van der Waals surface area contributed by atoms with Crippen molar-refractivity contribution in [1.82, 2.24) is 10.2 Å². The Morgan fingerprint density at radius 3 is 2.47 bits per heavy atom. The minimum Gasteiger partial charge on any atom is -0.352 e. The van der Waals surface area contributed by atoms with Crippen LogP contribution in [0.1, 0.15) is 47.7 Å². The van der Waals surface area contributed by atoms with Crippen molar-refractivity contribution in [1.29, 1.82) is 0 Å². The van der Waals surface area contributed by atoms with E-state index in [1.165, 1.54) is 12.1 Å². The Hall–Kier alpha value is -3.36. The summed E-state index contributed by atoms with van der Waals surface area (Å²) >= 11 is 0. The van der Waals surface area contributed by atoms with E-state index in [4.69, 9.17) is 0 Å². The number of carbonyl (C=O) groups excluding carboxylic acids is 3. The molecule has 32 heavy (non-hydrogen) atoms. The maximum atomic E-state index is 13.1. The molecule has 0 unspecified atom stereocenters. The zero-order valence-electron chi connectivity index (χ0n) is 17.4. The Bertz CT molecular complexity index is 1070. The topological polar surface area (TPSA) is 69.7 Å². The van der Waals surface area contributed by atoms with Gasteiger partial charge < -0.3 is 10.2 Å². The number of fused-ring (bicyclic) bond motifs is 3. The van der Waals surface area contributed by atoms with Gasteiger partial charge in [0.15, 0.2) is 0 Å². The molecule has 3 amide bonds. The van der Waals surface area contributed by atoms with Gasteiger partial charge >= 0.3 is 6.18 Å². The first-order valence-electron chi connectivity index (χ1n) is 10.3. The summed E-state index contributed by atoms with van der Waals surface area (Å²) in [6.07, 6.45) is -3.62. The van der Waals surface area contributed by atoms with Crippen LogP contribution in [0.4, 0.5) is 18.9 Å². The highest BCUT2D eigenvalue weighted by Crippen LogP contribution is 2.43. The summed E-state index contributed by atoms with van der Waals surface area (Å²) in [6.45, 7) is 2.02. The van der Waals surface area contributed by atoms with Crippen LogP contribution in [0.5, 0.6) is 0 Å². The molecule has 0 radical (unpaired) electrons. The molecule has 0 aliphatic carbocycles. The predicted octanol–water partition coefficient (Wildman–Crippen LogP) is 3.71. The lowest BCUT2D eigenvalue weighted by molar-refractivity contribution is -0.137. The zero-order chi connectivity index (χ0) is 23.1. The number of amides is 3. The Labute approximate surface area is 183 Å². The number of hydrogen-bond donors (Lipinski definition) is 1. The summed E-state index contributed by atoms with van der Waals surface area (Å²) in [5.41, 5.74) is -0.0407. The SMILES string of the molecule is C[C@]12CCC(=O)N1c1ccccc1C(=O)N2CCC(=O)NCc1ccc(C(F)(F)F)cc1. The molecule has 2 heterocycles. The number of benzene rings is 2. The second-order valence-corrected chi connectivity index (χ2v) is 8.14. The van der Waals surface area contributed by atoms with E-state index in [9.17, 15) is 27.6 Å². The third kappa shape index (κ3) is 3.83. The highest BCUT2D eigenvalue weighted by molar-refractivity contribution is 6.10. The number of para-hydroxylation sites is 1. The standard InChI is InChI=1S/C23H22F3N3O3/c1-22-12-10-20(31)29(22)18-5-3-2-4-17(18)21(32)28(22)13-11-19(30)27-14-15-6-8-16(9-7-15)23(24,25)26/h2-9H,10-14H2,1H3,(H,27,30)/t22-/m1/s1. The van der Waals surface area contributed by atoms with Gasteiger partial charge in [0.05, 0.1) is 16.8 Å². The Morgan fingerprint density at radius 2 is 1.78 bits per heavy atom. The maximum Gasteiger partial charge on any atom is 0.416 e. The molecule has 1 fully saturated rings. The number of alkyl halides is 3. The minimum absolute atomic E-state index is 0.00611. The number of halogens is 3. The third-order valence-corrected chi connectivity index (χ3v) is 6.08. The number of anilines is 1. The van der Waals surface area contributed by atoms with Gasteiger partial charge in [-0.15, -0.1) is 0 Å². The van der Waals surface area contributed by atoms with E-state index in [0.717, 1.165) is 12.1 Å². The molecule has 1 saturated heterocycles. The van der Waals surface area contributed by atoms with Crippen LogP contribution in [-0.2, 0) is 22.3 Å². The van der Waals surface area contributed by atoms with Gasteiger partial charge in [-0.3, -0.25) is 19.3 Å². The first-order valence-corrected chi connectivity index (χ1v) is 10.3. The predicted molar refractivity (Wildman–Crippen MR) is 111 cm³/mol. The largest absolute Gasteiger partial charge is 0.416 e. The lowest BCUT2D eigenvalue weighted by Gasteiger charge is -2.48. The summed E-state index contributed by atoms with van der Waals surface area (Å²) in [7, 11) is 0. The number of carbonyl (C=O) groups is 3. The summed E-state index contributed by atoms with van der Waals surface area (Å²) < 4.78 is 38.0. The van der Waals surface area contributed by atoms with Crippen LogP contribution in [0.2, 0.25) is 0 Å². The molecule has 0 bridgehead atoms. The normalized spacial score (nSPS) is 20.2. The second kappa shape index (κ2) is 7.96. The van der Waals surface area contributed by atoms with Gasteiger partial charge in [-0.1, -0.05) is 24.3 Å². The Balaban J connectivity index is 1.41. The lowest BCUT2D eigenvalue weighted by Crippen LogP contribution is -2.62. The average Bonchev–Trinajstić information content (AvgIpc) is 3.07. The minimum atomic E-state index is -4.41. The van der Waals surface area contributed by atoms with E-state index < -0.39 is 17.4 Å². The fraction of sp³-hybridized carbons (Fsp3) is 0.348. The van der Waals surface area contributed by atoms with E-state index in [1.54, 1.807) is 34.1 Å². The van der Waals surface area contributed by atoms with Crippen LogP contribution in [0.25, 0.3) is 0 Å². The molecule has 0 saturated carbocycles. The molecule has 168 valence electrons. The van der Waals surface area contributed by atoms with E-state index >= 15 is 0 Å². The zero-order valence-corrected chi connectivity index (χ0v) is 17.4. The van der Waals surface area contributed by atoms with E-state index in [-0.39, 0.29) is 37.2 Å². The van der Waals surface area contributed by atoms with Gasteiger partial charge in [0.25, 0.3) is 5.91 Å². The van der Waals surface area contributed by atoms with Crippen molar-refractivity contribution >= 4 is 23.4 Å². The van der Waals surface area contributed by atoms with E-state index in [1.807, 2.05) is 6.92 Å². The number of rotatable bonds is 5. The molecule has 1 N–H and O–H groups in total. The molecule has 2 aliphatic rings. The molecule has 4 rings (SSSR count). The van der Waals surface area contributed by atoms with Crippen LogP contribution < -0.4 is 10.2 Å². The number of nitrogens with one attached hydrogen (secondary N) is 1. The molecule has 0 spiro atoms. The van der Waals surface area contributed by atoms with E-state index in [0.29, 0.717) is 29.7 Å².